The Balaban J connectivity index is 1.42. The SMILES string of the molecule is CCOc1cc(/C=C2\C(=O)NC(=O)N(c3ccc4c(c3)OCO4)C2=O)ccc1OCc1ccccc1F. The molecule has 0 bridgehead atoms. The van der Waals surface area contributed by atoms with Crippen molar-refractivity contribution in [1.82, 2.24) is 5.32 Å². The zero-order valence-electron chi connectivity index (χ0n) is 19.7. The fourth-order valence-corrected chi connectivity index (χ4v) is 3.86. The lowest BCUT2D eigenvalue weighted by molar-refractivity contribution is -0.122. The quantitative estimate of drug-likeness (QED) is 0.380. The van der Waals surface area contributed by atoms with Crippen LogP contribution in [0.25, 0.3) is 6.08 Å². The summed E-state index contributed by atoms with van der Waals surface area (Å²) in [6, 6.07) is 14.8. The van der Waals surface area contributed by atoms with E-state index < -0.39 is 17.8 Å². The van der Waals surface area contributed by atoms with E-state index in [4.69, 9.17) is 18.9 Å². The van der Waals surface area contributed by atoms with Crippen molar-refractivity contribution in [3.8, 4) is 23.0 Å². The van der Waals surface area contributed by atoms with E-state index >= 15 is 0 Å². The van der Waals surface area contributed by atoms with Crippen molar-refractivity contribution < 1.29 is 37.7 Å². The van der Waals surface area contributed by atoms with Crippen LogP contribution in [0.3, 0.4) is 0 Å². The first-order valence-electron chi connectivity index (χ1n) is 11.4. The van der Waals surface area contributed by atoms with Gasteiger partial charge in [0.25, 0.3) is 11.8 Å². The minimum absolute atomic E-state index is 0.0132. The summed E-state index contributed by atoms with van der Waals surface area (Å²) in [6.45, 7) is 2.13. The number of nitrogens with one attached hydrogen (secondary N) is 1. The fourth-order valence-electron chi connectivity index (χ4n) is 3.86. The average Bonchev–Trinajstić information content (AvgIpc) is 3.35. The molecule has 2 aliphatic heterocycles. The van der Waals surface area contributed by atoms with Crippen LogP contribution in [0, 0.1) is 5.82 Å². The highest BCUT2D eigenvalue weighted by Gasteiger charge is 2.37. The number of carbonyl (C=O) groups is 3. The van der Waals surface area contributed by atoms with Gasteiger partial charge in [0, 0.05) is 11.6 Å². The average molecular weight is 504 g/mol. The Hall–Kier alpha value is -4.86. The number of hydrogen-bond donors (Lipinski definition) is 1. The Morgan fingerprint density at radius 1 is 0.973 bits per heavy atom. The van der Waals surface area contributed by atoms with E-state index in [1.165, 1.54) is 24.3 Å². The van der Waals surface area contributed by atoms with E-state index in [0.29, 0.717) is 40.7 Å². The van der Waals surface area contributed by atoms with Crippen LogP contribution in [0.1, 0.15) is 18.1 Å². The molecule has 0 atom stereocenters. The number of rotatable bonds is 7. The number of ether oxygens (including phenoxy) is 4. The Morgan fingerprint density at radius 3 is 2.59 bits per heavy atom. The lowest BCUT2D eigenvalue weighted by Crippen LogP contribution is -2.54. The zero-order valence-corrected chi connectivity index (χ0v) is 19.7. The summed E-state index contributed by atoms with van der Waals surface area (Å²) in [5.74, 6) is -0.432. The third-order valence-corrected chi connectivity index (χ3v) is 5.64. The van der Waals surface area contributed by atoms with Crippen molar-refractivity contribution >= 4 is 29.6 Å². The topological polar surface area (TPSA) is 103 Å². The minimum Gasteiger partial charge on any atom is -0.490 e. The number of barbiturate groups is 1. The molecule has 3 aromatic carbocycles. The van der Waals surface area contributed by atoms with Crippen molar-refractivity contribution in [3.63, 3.8) is 0 Å². The van der Waals surface area contributed by atoms with Crippen molar-refractivity contribution in [2.24, 2.45) is 0 Å². The molecule has 10 heteroatoms. The van der Waals surface area contributed by atoms with E-state index in [1.54, 1.807) is 49.4 Å². The van der Waals surface area contributed by atoms with Gasteiger partial charge in [-0.3, -0.25) is 14.9 Å². The van der Waals surface area contributed by atoms with Gasteiger partial charge in [-0.25, -0.2) is 14.1 Å². The van der Waals surface area contributed by atoms with E-state index in [9.17, 15) is 18.8 Å². The van der Waals surface area contributed by atoms with Crippen molar-refractivity contribution in [2.45, 2.75) is 13.5 Å². The molecular formula is C27H21FN2O7. The third kappa shape index (κ3) is 4.81. The van der Waals surface area contributed by atoms with Crippen molar-refractivity contribution in [1.29, 1.82) is 0 Å². The van der Waals surface area contributed by atoms with Crippen LogP contribution < -0.4 is 29.2 Å². The van der Waals surface area contributed by atoms with E-state index in [2.05, 4.69) is 5.32 Å². The van der Waals surface area contributed by atoms with Gasteiger partial charge in [0.1, 0.15) is 18.0 Å². The summed E-state index contributed by atoms with van der Waals surface area (Å²) in [5, 5.41) is 2.19. The standard InChI is InChI=1S/C27H21FN2O7/c1-2-34-23-12-16(7-9-21(23)35-14-17-5-3-4-6-20(17)28)11-19-25(31)29-27(33)30(26(19)32)18-8-10-22-24(13-18)37-15-36-22/h3-13H,2,14-15H2,1H3,(H,29,31,33)/b19-11+. The van der Waals surface area contributed by atoms with Gasteiger partial charge in [-0.1, -0.05) is 24.3 Å². The van der Waals surface area contributed by atoms with Crippen LogP contribution in [0.15, 0.2) is 66.2 Å². The third-order valence-electron chi connectivity index (χ3n) is 5.64. The maximum absolute atomic E-state index is 14.0. The first-order valence-corrected chi connectivity index (χ1v) is 11.4. The monoisotopic (exact) mass is 504 g/mol. The molecule has 0 aromatic heterocycles. The molecule has 0 saturated carbocycles. The number of halogens is 1. The molecule has 0 spiro atoms. The van der Waals surface area contributed by atoms with Gasteiger partial charge in [-0.05, 0) is 48.9 Å². The summed E-state index contributed by atoms with van der Waals surface area (Å²) < 4.78 is 36.0. The van der Waals surface area contributed by atoms with Crippen LogP contribution in [-0.2, 0) is 16.2 Å². The van der Waals surface area contributed by atoms with Gasteiger partial charge < -0.3 is 18.9 Å². The van der Waals surface area contributed by atoms with E-state index in [0.717, 1.165) is 4.90 Å². The lowest BCUT2D eigenvalue weighted by Gasteiger charge is -2.26. The van der Waals surface area contributed by atoms with Gasteiger partial charge in [0.15, 0.2) is 23.0 Å². The molecule has 1 N–H and O–H groups in total. The second-order valence-electron chi connectivity index (χ2n) is 8.01. The number of urea groups is 1. The molecule has 0 radical (unpaired) electrons. The number of nitrogens with zero attached hydrogens (tertiary/aromatic N) is 1. The smallest absolute Gasteiger partial charge is 0.335 e. The number of anilines is 1. The minimum atomic E-state index is -0.877. The highest BCUT2D eigenvalue weighted by Crippen LogP contribution is 2.36. The largest absolute Gasteiger partial charge is 0.490 e. The molecule has 1 fully saturated rings. The fraction of sp³-hybridized carbons (Fsp3) is 0.148. The normalized spacial score (nSPS) is 15.7. The second-order valence-corrected chi connectivity index (χ2v) is 8.01. The summed E-state index contributed by atoms with van der Waals surface area (Å²) in [6.07, 6.45) is 1.35. The predicted octanol–water partition coefficient (Wildman–Crippen LogP) is 4.20. The van der Waals surface area contributed by atoms with Crippen molar-refractivity contribution in [2.75, 3.05) is 18.3 Å². The molecule has 2 aliphatic rings. The maximum atomic E-state index is 14.0. The molecule has 0 aliphatic carbocycles. The maximum Gasteiger partial charge on any atom is 0.335 e. The molecule has 9 nitrogen and oxygen atoms in total. The second kappa shape index (κ2) is 10.0. The van der Waals surface area contributed by atoms with Gasteiger partial charge in [-0.15, -0.1) is 0 Å². The van der Waals surface area contributed by atoms with Crippen LogP contribution in [-0.4, -0.2) is 31.2 Å². The predicted molar refractivity (Wildman–Crippen MR) is 130 cm³/mol. The Kier molecular flexibility index (Phi) is 6.46. The van der Waals surface area contributed by atoms with Crippen LogP contribution in [0.4, 0.5) is 14.9 Å². The van der Waals surface area contributed by atoms with Crippen LogP contribution >= 0.6 is 0 Å². The number of benzene rings is 3. The summed E-state index contributed by atoms with van der Waals surface area (Å²) in [5.41, 5.74) is 0.811. The Bertz CT molecular complexity index is 1440. The first kappa shape index (κ1) is 23.9. The van der Waals surface area contributed by atoms with Crippen molar-refractivity contribution in [3.05, 3.63) is 83.2 Å². The van der Waals surface area contributed by atoms with Gasteiger partial charge >= 0.3 is 6.03 Å². The summed E-state index contributed by atoms with van der Waals surface area (Å²) in [4.78, 5) is 39.2. The molecular weight excluding hydrogens is 483 g/mol. The number of carbonyl (C=O) groups excluding carboxylic acids is 3. The van der Waals surface area contributed by atoms with E-state index in [-0.39, 0.29) is 30.5 Å². The molecule has 3 aromatic rings. The number of amides is 4. The highest BCUT2D eigenvalue weighted by molar-refractivity contribution is 6.39. The van der Waals surface area contributed by atoms with Crippen LogP contribution in [0.5, 0.6) is 23.0 Å². The molecule has 2 heterocycles. The molecule has 188 valence electrons. The Morgan fingerprint density at radius 2 is 1.78 bits per heavy atom. The highest BCUT2D eigenvalue weighted by atomic mass is 19.1. The molecule has 4 amide bonds. The zero-order chi connectivity index (χ0) is 25.9. The van der Waals surface area contributed by atoms with Gasteiger partial charge in [0.2, 0.25) is 6.79 Å². The van der Waals surface area contributed by atoms with E-state index in [1.807, 2.05) is 0 Å². The summed E-state index contributed by atoms with van der Waals surface area (Å²) in [7, 11) is 0. The molecule has 1 saturated heterocycles. The summed E-state index contributed by atoms with van der Waals surface area (Å²) >= 11 is 0. The number of imide groups is 2. The molecule has 37 heavy (non-hydrogen) atoms. The lowest BCUT2D eigenvalue weighted by atomic mass is 10.1. The Labute approximate surface area is 211 Å². The molecule has 5 rings (SSSR count). The van der Waals surface area contributed by atoms with Gasteiger partial charge in [-0.2, -0.15) is 0 Å². The number of hydrogen-bond acceptors (Lipinski definition) is 7. The molecule has 0 unspecified atom stereocenters. The van der Waals surface area contributed by atoms with Gasteiger partial charge in [0.05, 0.1) is 12.3 Å². The number of fused-ring (bicyclic) bond motifs is 1. The first-order chi connectivity index (χ1) is 17.9. The van der Waals surface area contributed by atoms with Crippen LogP contribution in [0.2, 0.25) is 0 Å².